The molecule has 0 bridgehead atoms. The first kappa shape index (κ1) is 16.0. The summed E-state index contributed by atoms with van der Waals surface area (Å²) in [6.45, 7) is 3.83. The zero-order valence-electron chi connectivity index (χ0n) is 10.8. The molecule has 19 heavy (non-hydrogen) atoms. The molecule has 2 N–H and O–H groups in total. The van der Waals surface area contributed by atoms with Gasteiger partial charge in [0.25, 0.3) is 0 Å². The van der Waals surface area contributed by atoms with E-state index in [0.29, 0.717) is 0 Å². The molecule has 0 atom stereocenters. The van der Waals surface area contributed by atoms with Crippen molar-refractivity contribution in [3.05, 3.63) is 34.3 Å². The summed E-state index contributed by atoms with van der Waals surface area (Å²) in [4.78, 5) is 22.1. The van der Waals surface area contributed by atoms with Crippen molar-refractivity contribution < 1.29 is 14.7 Å². The molecule has 1 aromatic rings. The average Bonchev–Trinajstić information content (AvgIpc) is 2.28. The number of carboxylic acid groups (broad SMARTS) is 1. The van der Waals surface area contributed by atoms with Crippen molar-refractivity contribution in [1.82, 2.24) is 5.32 Å². The lowest BCUT2D eigenvalue weighted by Gasteiger charge is -2.27. The Hall–Kier alpha value is -1.01. The van der Waals surface area contributed by atoms with Gasteiger partial charge in [-0.15, -0.1) is 11.8 Å². The molecule has 0 aliphatic carbocycles. The zero-order chi connectivity index (χ0) is 14.5. The van der Waals surface area contributed by atoms with Gasteiger partial charge in [-0.25, -0.2) is 0 Å². The Bertz CT molecular complexity index is 459. The smallest absolute Gasteiger partial charge is 0.313 e. The second kappa shape index (κ2) is 6.96. The van der Waals surface area contributed by atoms with Crippen LogP contribution in [0.2, 0.25) is 0 Å². The number of aliphatic carboxylic acids is 1. The van der Waals surface area contributed by atoms with Gasteiger partial charge in [0.05, 0.1) is 17.0 Å². The van der Waals surface area contributed by atoms with Gasteiger partial charge in [-0.1, -0.05) is 28.1 Å². The maximum atomic E-state index is 11.7. The summed E-state index contributed by atoms with van der Waals surface area (Å²) in [5, 5.41) is 11.4. The number of hydrogen-bond donors (Lipinski definition) is 2. The van der Waals surface area contributed by atoms with Crippen molar-refractivity contribution in [2.75, 3.05) is 11.5 Å². The topological polar surface area (TPSA) is 66.4 Å². The van der Waals surface area contributed by atoms with Gasteiger partial charge in [0.15, 0.2) is 0 Å². The summed E-state index contributed by atoms with van der Waals surface area (Å²) in [7, 11) is 0. The fourth-order valence-electron chi connectivity index (χ4n) is 1.55. The molecule has 0 saturated carbocycles. The molecule has 0 aliphatic rings. The molecule has 0 spiro atoms. The van der Waals surface area contributed by atoms with Crippen LogP contribution >= 0.6 is 27.7 Å². The molecule has 0 unspecified atom stereocenters. The van der Waals surface area contributed by atoms with Crippen LogP contribution in [-0.4, -0.2) is 28.5 Å². The van der Waals surface area contributed by atoms with Gasteiger partial charge in [-0.3, -0.25) is 9.59 Å². The largest absolute Gasteiger partial charge is 0.481 e. The fraction of sp³-hybridized carbons (Fsp3) is 0.385. The van der Waals surface area contributed by atoms with Gasteiger partial charge in [-0.05, 0) is 31.5 Å². The SMILES string of the molecule is CC(C)(NC(=O)CSCC(=O)O)c1ccc(Br)cc1. The number of nitrogens with one attached hydrogen (secondary N) is 1. The molecule has 1 aromatic carbocycles. The monoisotopic (exact) mass is 345 g/mol. The summed E-state index contributed by atoms with van der Waals surface area (Å²) in [5.74, 6) is -0.998. The van der Waals surface area contributed by atoms with Crippen molar-refractivity contribution in [1.29, 1.82) is 0 Å². The Kier molecular flexibility index (Phi) is 5.87. The third-order valence-corrected chi connectivity index (χ3v) is 3.92. The van der Waals surface area contributed by atoms with Crippen molar-refractivity contribution >= 4 is 39.6 Å². The lowest BCUT2D eigenvalue weighted by molar-refractivity contribution is -0.133. The van der Waals surface area contributed by atoms with E-state index in [1.165, 1.54) is 0 Å². The van der Waals surface area contributed by atoms with Gasteiger partial charge >= 0.3 is 5.97 Å². The maximum Gasteiger partial charge on any atom is 0.313 e. The molecule has 4 nitrogen and oxygen atoms in total. The number of carbonyl (C=O) groups is 2. The van der Waals surface area contributed by atoms with E-state index >= 15 is 0 Å². The Morgan fingerprint density at radius 2 is 1.84 bits per heavy atom. The number of carboxylic acids is 1. The minimum atomic E-state index is -0.912. The third kappa shape index (κ3) is 5.65. The lowest BCUT2D eigenvalue weighted by Crippen LogP contribution is -2.42. The predicted octanol–water partition coefficient (Wildman–Crippen LogP) is 2.62. The second-order valence-electron chi connectivity index (χ2n) is 4.57. The first-order valence-electron chi connectivity index (χ1n) is 5.68. The second-order valence-corrected chi connectivity index (χ2v) is 6.47. The first-order valence-corrected chi connectivity index (χ1v) is 7.62. The molecule has 0 fully saturated rings. The van der Waals surface area contributed by atoms with Gasteiger partial charge < -0.3 is 10.4 Å². The third-order valence-electron chi connectivity index (χ3n) is 2.48. The Morgan fingerprint density at radius 3 is 2.37 bits per heavy atom. The molecule has 1 amide bonds. The standard InChI is InChI=1S/C13H16BrNO3S/c1-13(2,9-3-5-10(14)6-4-9)15-11(16)7-19-8-12(17)18/h3-6H,7-8H2,1-2H3,(H,15,16)(H,17,18). The minimum Gasteiger partial charge on any atom is -0.481 e. The molecule has 6 heteroatoms. The van der Waals surface area contributed by atoms with Gasteiger partial charge in [-0.2, -0.15) is 0 Å². The molecule has 1 rings (SSSR count). The molecule has 104 valence electrons. The van der Waals surface area contributed by atoms with Crippen LogP contribution in [0.3, 0.4) is 0 Å². The Labute approximate surface area is 125 Å². The maximum absolute atomic E-state index is 11.7. The number of thioether (sulfide) groups is 1. The highest BCUT2D eigenvalue weighted by Gasteiger charge is 2.22. The molecular weight excluding hydrogens is 330 g/mol. The van der Waals surface area contributed by atoms with Crippen molar-refractivity contribution in [3.8, 4) is 0 Å². The van der Waals surface area contributed by atoms with Crippen LogP contribution in [-0.2, 0) is 15.1 Å². The van der Waals surface area contributed by atoms with E-state index in [0.717, 1.165) is 21.8 Å². The van der Waals surface area contributed by atoms with Crippen LogP contribution < -0.4 is 5.32 Å². The number of halogens is 1. The normalized spacial score (nSPS) is 11.1. The van der Waals surface area contributed by atoms with Gasteiger partial charge in [0, 0.05) is 4.47 Å². The van der Waals surface area contributed by atoms with Crippen LogP contribution in [0.5, 0.6) is 0 Å². The Morgan fingerprint density at radius 1 is 1.26 bits per heavy atom. The molecule has 0 aliphatic heterocycles. The van der Waals surface area contributed by atoms with Crippen LogP contribution in [0.1, 0.15) is 19.4 Å². The van der Waals surface area contributed by atoms with E-state index in [2.05, 4.69) is 21.2 Å². The molecule has 0 aromatic heterocycles. The lowest BCUT2D eigenvalue weighted by atomic mass is 9.94. The Balaban J connectivity index is 2.56. The van der Waals surface area contributed by atoms with E-state index in [4.69, 9.17) is 5.11 Å². The highest BCUT2D eigenvalue weighted by atomic mass is 79.9. The molecule has 0 saturated heterocycles. The van der Waals surface area contributed by atoms with Crippen molar-refractivity contribution in [3.63, 3.8) is 0 Å². The summed E-state index contributed by atoms with van der Waals surface area (Å²) in [5.41, 5.74) is 0.508. The summed E-state index contributed by atoms with van der Waals surface area (Å²) in [6.07, 6.45) is 0. The van der Waals surface area contributed by atoms with Crippen LogP contribution in [0, 0.1) is 0 Å². The summed E-state index contributed by atoms with van der Waals surface area (Å²) < 4.78 is 0.982. The van der Waals surface area contributed by atoms with Crippen molar-refractivity contribution in [2.24, 2.45) is 0 Å². The highest BCUT2D eigenvalue weighted by molar-refractivity contribution is 9.10. The van der Waals surface area contributed by atoms with E-state index in [1.807, 2.05) is 38.1 Å². The minimum absolute atomic E-state index is 0.0634. The van der Waals surface area contributed by atoms with Gasteiger partial charge in [0.1, 0.15) is 0 Å². The van der Waals surface area contributed by atoms with Crippen molar-refractivity contribution in [2.45, 2.75) is 19.4 Å². The summed E-state index contributed by atoms with van der Waals surface area (Å²) in [6, 6.07) is 7.72. The van der Waals surface area contributed by atoms with E-state index in [1.54, 1.807) is 0 Å². The van der Waals surface area contributed by atoms with Crippen LogP contribution in [0.25, 0.3) is 0 Å². The molecule has 0 radical (unpaired) electrons. The first-order chi connectivity index (χ1) is 8.81. The van der Waals surface area contributed by atoms with E-state index in [9.17, 15) is 9.59 Å². The predicted molar refractivity (Wildman–Crippen MR) is 80.3 cm³/mol. The number of amides is 1. The zero-order valence-corrected chi connectivity index (χ0v) is 13.2. The average molecular weight is 346 g/mol. The highest BCUT2D eigenvalue weighted by Crippen LogP contribution is 2.22. The molecule has 0 heterocycles. The van der Waals surface area contributed by atoms with E-state index < -0.39 is 11.5 Å². The number of benzene rings is 1. The molecular formula is C13H16BrNO3S. The number of carbonyl (C=O) groups excluding carboxylic acids is 1. The summed E-state index contributed by atoms with van der Waals surface area (Å²) >= 11 is 4.45. The van der Waals surface area contributed by atoms with E-state index in [-0.39, 0.29) is 17.4 Å². The number of hydrogen-bond acceptors (Lipinski definition) is 3. The fourth-order valence-corrected chi connectivity index (χ4v) is 2.35. The number of rotatable bonds is 6. The van der Waals surface area contributed by atoms with Crippen LogP contribution in [0.15, 0.2) is 28.7 Å². The van der Waals surface area contributed by atoms with Gasteiger partial charge in [0.2, 0.25) is 5.91 Å². The van der Waals surface area contributed by atoms with Crippen LogP contribution in [0.4, 0.5) is 0 Å². The quantitative estimate of drug-likeness (QED) is 0.831.